The van der Waals surface area contributed by atoms with Crippen LogP contribution in [0, 0.1) is 17.8 Å². The summed E-state index contributed by atoms with van der Waals surface area (Å²) in [6.45, 7) is 0. The van der Waals surface area contributed by atoms with Crippen molar-refractivity contribution >= 4 is 0 Å². The lowest BCUT2D eigenvalue weighted by Crippen LogP contribution is -2.52. The SMILES string of the molecule is OC1OC1CC1OC1OC12CC3CC(CC(C3)C1)C2. The topological polar surface area (TPSA) is 54.5 Å². The number of rotatable bonds is 4. The van der Waals surface area contributed by atoms with E-state index >= 15 is 0 Å². The molecule has 6 aliphatic rings. The molecule has 4 bridgehead atoms. The van der Waals surface area contributed by atoms with Crippen LogP contribution in [-0.2, 0) is 14.2 Å². The lowest BCUT2D eigenvalue weighted by Gasteiger charge is -2.56. The van der Waals surface area contributed by atoms with Crippen LogP contribution in [0.1, 0.15) is 44.9 Å². The zero-order valence-electron chi connectivity index (χ0n) is 11.2. The fourth-order valence-corrected chi connectivity index (χ4v) is 5.35. The number of hydrogen-bond acceptors (Lipinski definition) is 4. The van der Waals surface area contributed by atoms with Gasteiger partial charge in [-0.25, -0.2) is 0 Å². The molecule has 6 rings (SSSR count). The van der Waals surface area contributed by atoms with Gasteiger partial charge in [0.1, 0.15) is 12.2 Å². The first-order valence-corrected chi connectivity index (χ1v) is 7.86. The van der Waals surface area contributed by atoms with Gasteiger partial charge in [0.15, 0.2) is 12.6 Å². The molecule has 1 N–H and O–H groups in total. The highest BCUT2D eigenvalue weighted by Gasteiger charge is 2.56. The highest BCUT2D eigenvalue weighted by Crippen LogP contribution is 2.58. The lowest BCUT2D eigenvalue weighted by atomic mass is 9.54. The molecule has 2 aliphatic heterocycles. The van der Waals surface area contributed by atoms with E-state index in [1.165, 1.54) is 38.5 Å². The quantitative estimate of drug-likeness (QED) is 0.788. The maximum atomic E-state index is 9.17. The Balaban J connectivity index is 1.23. The van der Waals surface area contributed by atoms with Crippen molar-refractivity contribution in [1.29, 1.82) is 0 Å². The van der Waals surface area contributed by atoms with Crippen molar-refractivity contribution in [3.05, 3.63) is 0 Å². The third-order valence-corrected chi connectivity index (χ3v) is 5.90. The van der Waals surface area contributed by atoms with Crippen LogP contribution < -0.4 is 0 Å². The Kier molecular flexibility index (Phi) is 2.26. The van der Waals surface area contributed by atoms with Crippen molar-refractivity contribution in [2.75, 3.05) is 0 Å². The molecule has 4 atom stereocenters. The first-order valence-electron chi connectivity index (χ1n) is 7.86. The van der Waals surface area contributed by atoms with Gasteiger partial charge in [-0.15, -0.1) is 0 Å². The molecule has 6 fully saturated rings. The summed E-state index contributed by atoms with van der Waals surface area (Å²) in [5, 5.41) is 9.17. The summed E-state index contributed by atoms with van der Waals surface area (Å²) in [6.07, 6.45) is 8.48. The van der Waals surface area contributed by atoms with Crippen molar-refractivity contribution in [3.63, 3.8) is 0 Å². The van der Waals surface area contributed by atoms with Gasteiger partial charge in [-0.2, -0.15) is 0 Å². The van der Waals surface area contributed by atoms with Gasteiger partial charge in [-0.1, -0.05) is 0 Å². The second kappa shape index (κ2) is 3.73. The van der Waals surface area contributed by atoms with E-state index in [0.29, 0.717) is 0 Å². The highest BCUT2D eigenvalue weighted by molar-refractivity contribution is 5.04. The summed E-state index contributed by atoms with van der Waals surface area (Å²) in [5.74, 6) is 2.74. The molecule has 0 aromatic heterocycles. The summed E-state index contributed by atoms with van der Waals surface area (Å²) in [5.41, 5.74) is 0.136. The second-order valence-electron chi connectivity index (χ2n) is 7.56. The summed E-state index contributed by atoms with van der Waals surface area (Å²) >= 11 is 0. The average Bonchev–Trinajstić information content (AvgIpc) is 3.19. The Morgan fingerprint density at radius 1 is 0.947 bits per heavy atom. The molecular formula is C15H22O4. The zero-order chi connectivity index (χ0) is 12.6. The average molecular weight is 266 g/mol. The molecule has 0 aromatic carbocycles. The van der Waals surface area contributed by atoms with Gasteiger partial charge in [0, 0.05) is 6.42 Å². The first kappa shape index (κ1) is 11.5. The van der Waals surface area contributed by atoms with E-state index in [1.807, 2.05) is 0 Å². The van der Waals surface area contributed by atoms with E-state index in [-0.39, 0.29) is 24.1 Å². The Hall–Kier alpha value is -0.160. The number of hydrogen-bond donors (Lipinski definition) is 1. The minimum atomic E-state index is -0.551. The van der Waals surface area contributed by atoms with Gasteiger partial charge in [-0.3, -0.25) is 0 Å². The zero-order valence-corrected chi connectivity index (χ0v) is 11.2. The van der Waals surface area contributed by atoms with E-state index in [9.17, 15) is 5.11 Å². The van der Waals surface area contributed by atoms with Crippen LogP contribution in [0.25, 0.3) is 0 Å². The van der Waals surface area contributed by atoms with Gasteiger partial charge in [-0.05, 0) is 56.3 Å². The van der Waals surface area contributed by atoms with Crippen LogP contribution in [0.2, 0.25) is 0 Å². The monoisotopic (exact) mass is 266 g/mol. The largest absolute Gasteiger partial charge is 0.366 e. The van der Waals surface area contributed by atoms with Crippen LogP contribution in [0.4, 0.5) is 0 Å². The number of aliphatic hydroxyl groups excluding tert-OH is 1. The molecule has 2 saturated heterocycles. The molecule has 19 heavy (non-hydrogen) atoms. The molecule has 4 nitrogen and oxygen atoms in total. The highest BCUT2D eigenvalue weighted by atomic mass is 16.8. The van der Waals surface area contributed by atoms with Crippen LogP contribution in [0.5, 0.6) is 0 Å². The Labute approximate surface area is 113 Å². The van der Waals surface area contributed by atoms with Crippen molar-refractivity contribution < 1.29 is 19.3 Å². The summed E-state index contributed by atoms with van der Waals surface area (Å²) in [7, 11) is 0. The molecule has 0 amide bonds. The van der Waals surface area contributed by atoms with Gasteiger partial charge in [0.2, 0.25) is 0 Å². The number of epoxide rings is 2. The summed E-state index contributed by atoms with van der Waals surface area (Å²) in [4.78, 5) is 0. The predicted octanol–water partition coefficient (Wildman–Crippen LogP) is 1.80. The molecule has 4 heteroatoms. The molecule has 4 saturated carbocycles. The van der Waals surface area contributed by atoms with Crippen LogP contribution in [0.3, 0.4) is 0 Å². The van der Waals surface area contributed by atoms with Crippen molar-refractivity contribution in [2.45, 2.75) is 75.3 Å². The second-order valence-corrected chi connectivity index (χ2v) is 7.56. The van der Waals surface area contributed by atoms with E-state index in [2.05, 4.69) is 0 Å². The van der Waals surface area contributed by atoms with Crippen LogP contribution >= 0.6 is 0 Å². The molecule has 0 spiro atoms. The fourth-order valence-electron chi connectivity index (χ4n) is 5.35. The standard InChI is InChI=1S/C15H22O4/c16-13-11(17-13)4-12-14(18-12)19-15-5-8-1-9(6-15)3-10(2-8)7-15/h8-14,16H,1-7H2. The minimum Gasteiger partial charge on any atom is -0.366 e. The van der Waals surface area contributed by atoms with E-state index in [0.717, 1.165) is 24.2 Å². The van der Waals surface area contributed by atoms with Crippen molar-refractivity contribution in [3.8, 4) is 0 Å². The van der Waals surface area contributed by atoms with Crippen LogP contribution in [0.15, 0.2) is 0 Å². The maximum Gasteiger partial charge on any atom is 0.185 e. The molecule has 4 aliphatic carbocycles. The Bertz CT molecular complexity index is 360. The normalized spacial score (nSPS) is 61.4. The minimum absolute atomic E-state index is 0.00466. The van der Waals surface area contributed by atoms with Gasteiger partial charge in [0.05, 0.1) is 5.60 Å². The number of ether oxygens (including phenoxy) is 3. The van der Waals surface area contributed by atoms with Crippen molar-refractivity contribution in [1.82, 2.24) is 0 Å². The van der Waals surface area contributed by atoms with Crippen molar-refractivity contribution in [2.24, 2.45) is 17.8 Å². The molecule has 4 unspecified atom stereocenters. The van der Waals surface area contributed by atoms with Gasteiger partial charge >= 0.3 is 0 Å². The Morgan fingerprint density at radius 3 is 2.05 bits per heavy atom. The number of aliphatic hydroxyl groups is 1. The van der Waals surface area contributed by atoms with E-state index < -0.39 is 6.29 Å². The van der Waals surface area contributed by atoms with E-state index in [4.69, 9.17) is 14.2 Å². The van der Waals surface area contributed by atoms with Gasteiger partial charge in [0.25, 0.3) is 0 Å². The molecular weight excluding hydrogens is 244 g/mol. The fraction of sp³-hybridized carbons (Fsp3) is 1.00. The maximum absolute atomic E-state index is 9.17. The smallest absolute Gasteiger partial charge is 0.185 e. The van der Waals surface area contributed by atoms with E-state index in [1.54, 1.807) is 0 Å². The molecule has 0 aromatic rings. The summed E-state index contributed by atoms with van der Waals surface area (Å²) in [6, 6.07) is 0. The third kappa shape index (κ3) is 1.96. The predicted molar refractivity (Wildman–Crippen MR) is 66.1 cm³/mol. The summed E-state index contributed by atoms with van der Waals surface area (Å²) < 4.78 is 17.1. The first-order chi connectivity index (χ1) is 9.19. The molecule has 0 radical (unpaired) electrons. The third-order valence-electron chi connectivity index (χ3n) is 5.90. The lowest BCUT2D eigenvalue weighted by molar-refractivity contribution is -0.185. The molecule has 2 heterocycles. The Morgan fingerprint density at radius 2 is 1.53 bits per heavy atom. The van der Waals surface area contributed by atoms with Gasteiger partial charge < -0.3 is 19.3 Å². The molecule has 106 valence electrons. The van der Waals surface area contributed by atoms with Crippen LogP contribution in [-0.4, -0.2) is 35.5 Å².